The van der Waals surface area contributed by atoms with Gasteiger partial charge in [-0.05, 0) is 46.7 Å². The van der Waals surface area contributed by atoms with Gasteiger partial charge < -0.3 is 5.32 Å². The molecular weight excluding hydrogens is 273 g/mol. The number of halogens is 2. The summed E-state index contributed by atoms with van der Waals surface area (Å²) in [7, 11) is 1.83. The Morgan fingerprint density at radius 3 is 2.94 bits per heavy atom. The monoisotopic (exact) mass is 283 g/mol. The van der Waals surface area contributed by atoms with Crippen LogP contribution in [0.15, 0.2) is 35.1 Å². The van der Waals surface area contributed by atoms with Crippen molar-refractivity contribution >= 4 is 15.9 Å². The molecule has 16 heavy (non-hydrogen) atoms. The molecule has 5 heteroatoms. The number of nitrogens with zero attached hydrogens (tertiary/aromatic N) is 2. The minimum absolute atomic E-state index is 0.236. The molecule has 0 aliphatic rings. The Kier molecular flexibility index (Phi) is 3.36. The van der Waals surface area contributed by atoms with Crippen molar-refractivity contribution in [2.75, 3.05) is 7.05 Å². The van der Waals surface area contributed by atoms with Crippen molar-refractivity contribution in [3.8, 4) is 5.69 Å². The molecule has 0 saturated carbocycles. The Morgan fingerprint density at radius 2 is 2.31 bits per heavy atom. The van der Waals surface area contributed by atoms with Crippen molar-refractivity contribution in [2.24, 2.45) is 0 Å². The van der Waals surface area contributed by atoms with E-state index in [1.807, 2.05) is 13.2 Å². The summed E-state index contributed by atoms with van der Waals surface area (Å²) in [5.74, 6) is -0.236. The van der Waals surface area contributed by atoms with Crippen LogP contribution in [0.25, 0.3) is 5.69 Å². The maximum absolute atomic E-state index is 13.1. The second kappa shape index (κ2) is 4.76. The van der Waals surface area contributed by atoms with Gasteiger partial charge in [-0.25, -0.2) is 9.07 Å². The molecule has 0 amide bonds. The molecule has 0 aliphatic heterocycles. The van der Waals surface area contributed by atoms with Crippen LogP contribution in [0.3, 0.4) is 0 Å². The Balaban J connectivity index is 2.47. The molecule has 0 fully saturated rings. The fourth-order valence-corrected chi connectivity index (χ4v) is 1.83. The van der Waals surface area contributed by atoms with Crippen LogP contribution < -0.4 is 5.32 Å². The Bertz CT molecular complexity index is 496. The molecule has 0 radical (unpaired) electrons. The van der Waals surface area contributed by atoms with Gasteiger partial charge in [0.15, 0.2) is 0 Å². The maximum Gasteiger partial charge on any atom is 0.123 e. The second-order valence-electron chi connectivity index (χ2n) is 3.41. The summed E-state index contributed by atoms with van der Waals surface area (Å²) in [6, 6.07) is 4.67. The lowest BCUT2D eigenvalue weighted by Crippen LogP contribution is -2.09. The number of aromatic nitrogens is 2. The summed E-state index contributed by atoms with van der Waals surface area (Å²) in [4.78, 5) is 0. The van der Waals surface area contributed by atoms with Gasteiger partial charge in [-0.15, -0.1) is 0 Å². The van der Waals surface area contributed by atoms with E-state index in [4.69, 9.17) is 0 Å². The molecule has 0 spiro atoms. The molecule has 1 aromatic carbocycles. The topological polar surface area (TPSA) is 29.9 Å². The van der Waals surface area contributed by atoms with Gasteiger partial charge in [-0.1, -0.05) is 0 Å². The van der Waals surface area contributed by atoms with Gasteiger partial charge in [0, 0.05) is 12.7 Å². The van der Waals surface area contributed by atoms with E-state index in [9.17, 15) is 4.39 Å². The second-order valence-corrected chi connectivity index (χ2v) is 4.32. The van der Waals surface area contributed by atoms with E-state index in [0.29, 0.717) is 6.54 Å². The summed E-state index contributed by atoms with van der Waals surface area (Å²) >= 11 is 3.33. The molecule has 2 aromatic rings. The number of rotatable bonds is 3. The van der Waals surface area contributed by atoms with E-state index in [1.54, 1.807) is 16.9 Å². The lowest BCUT2D eigenvalue weighted by atomic mass is 10.1. The molecule has 0 atom stereocenters. The molecule has 1 N–H and O–H groups in total. The zero-order chi connectivity index (χ0) is 11.5. The summed E-state index contributed by atoms with van der Waals surface area (Å²) < 4.78 is 15.7. The van der Waals surface area contributed by atoms with E-state index in [0.717, 1.165) is 15.7 Å². The SMILES string of the molecule is CNCc1cc(F)ccc1-n1cc(Br)cn1. The molecule has 3 nitrogen and oxygen atoms in total. The minimum atomic E-state index is -0.236. The largest absolute Gasteiger partial charge is 0.316 e. The quantitative estimate of drug-likeness (QED) is 0.938. The number of benzene rings is 1. The van der Waals surface area contributed by atoms with Crippen molar-refractivity contribution < 1.29 is 4.39 Å². The van der Waals surface area contributed by atoms with Crippen LogP contribution >= 0.6 is 15.9 Å². The van der Waals surface area contributed by atoms with E-state index in [2.05, 4.69) is 26.3 Å². The van der Waals surface area contributed by atoms with E-state index < -0.39 is 0 Å². The fraction of sp³-hybridized carbons (Fsp3) is 0.182. The van der Waals surface area contributed by atoms with Crippen LogP contribution in [0.1, 0.15) is 5.56 Å². The normalized spacial score (nSPS) is 10.7. The molecule has 84 valence electrons. The predicted molar refractivity (Wildman–Crippen MR) is 64.0 cm³/mol. The van der Waals surface area contributed by atoms with Gasteiger partial charge in [0.2, 0.25) is 0 Å². The molecule has 0 aliphatic carbocycles. The van der Waals surface area contributed by atoms with Crippen LogP contribution in [0, 0.1) is 5.82 Å². The number of nitrogens with one attached hydrogen (secondary N) is 1. The third kappa shape index (κ3) is 2.31. The Labute approximate surface area is 101 Å². The van der Waals surface area contributed by atoms with Crippen molar-refractivity contribution in [1.29, 1.82) is 0 Å². The highest BCUT2D eigenvalue weighted by atomic mass is 79.9. The van der Waals surface area contributed by atoms with Crippen LogP contribution in [0.4, 0.5) is 4.39 Å². The first kappa shape index (κ1) is 11.3. The first-order chi connectivity index (χ1) is 7.70. The zero-order valence-corrected chi connectivity index (χ0v) is 10.3. The molecule has 2 rings (SSSR count). The highest BCUT2D eigenvalue weighted by molar-refractivity contribution is 9.10. The lowest BCUT2D eigenvalue weighted by Gasteiger charge is -2.09. The van der Waals surface area contributed by atoms with Crippen molar-refractivity contribution in [1.82, 2.24) is 15.1 Å². The van der Waals surface area contributed by atoms with Crippen molar-refractivity contribution in [3.63, 3.8) is 0 Å². The zero-order valence-electron chi connectivity index (χ0n) is 8.74. The van der Waals surface area contributed by atoms with Crippen LogP contribution in [0.5, 0.6) is 0 Å². The fourth-order valence-electron chi connectivity index (χ4n) is 1.54. The van der Waals surface area contributed by atoms with Gasteiger partial charge in [0.25, 0.3) is 0 Å². The highest BCUT2D eigenvalue weighted by Gasteiger charge is 2.06. The number of hydrogen-bond acceptors (Lipinski definition) is 2. The average Bonchev–Trinajstić information content (AvgIpc) is 2.65. The van der Waals surface area contributed by atoms with Crippen molar-refractivity contribution in [2.45, 2.75) is 6.54 Å². The molecule has 0 unspecified atom stereocenters. The first-order valence-corrected chi connectivity index (χ1v) is 5.63. The predicted octanol–water partition coefficient (Wildman–Crippen LogP) is 2.49. The third-order valence-corrected chi connectivity index (χ3v) is 2.62. The molecule has 1 aromatic heterocycles. The molecule has 1 heterocycles. The van der Waals surface area contributed by atoms with Gasteiger partial charge in [0.05, 0.1) is 16.4 Å². The Morgan fingerprint density at radius 1 is 1.50 bits per heavy atom. The van der Waals surface area contributed by atoms with E-state index in [-0.39, 0.29) is 5.82 Å². The van der Waals surface area contributed by atoms with Crippen LogP contribution in [-0.2, 0) is 6.54 Å². The molecule has 0 bridgehead atoms. The summed E-state index contributed by atoms with van der Waals surface area (Å²) in [5.41, 5.74) is 1.75. The maximum atomic E-state index is 13.1. The van der Waals surface area contributed by atoms with E-state index in [1.165, 1.54) is 12.1 Å². The van der Waals surface area contributed by atoms with E-state index >= 15 is 0 Å². The highest BCUT2D eigenvalue weighted by Crippen LogP contribution is 2.17. The summed E-state index contributed by atoms with van der Waals surface area (Å²) in [6.07, 6.45) is 3.54. The minimum Gasteiger partial charge on any atom is -0.316 e. The van der Waals surface area contributed by atoms with Gasteiger partial charge in [-0.2, -0.15) is 5.10 Å². The lowest BCUT2D eigenvalue weighted by molar-refractivity contribution is 0.622. The third-order valence-electron chi connectivity index (χ3n) is 2.21. The smallest absolute Gasteiger partial charge is 0.123 e. The molecular formula is C11H11BrFN3. The van der Waals surface area contributed by atoms with Gasteiger partial charge in [-0.3, -0.25) is 0 Å². The van der Waals surface area contributed by atoms with Crippen LogP contribution in [-0.4, -0.2) is 16.8 Å². The van der Waals surface area contributed by atoms with Gasteiger partial charge >= 0.3 is 0 Å². The average molecular weight is 284 g/mol. The van der Waals surface area contributed by atoms with Gasteiger partial charge in [0.1, 0.15) is 5.82 Å². The number of hydrogen-bond donors (Lipinski definition) is 1. The molecule has 0 saturated heterocycles. The standard InChI is InChI=1S/C11H11BrFN3/c1-14-5-8-4-10(13)2-3-11(8)16-7-9(12)6-15-16/h2-4,6-7,14H,5H2,1H3. The van der Waals surface area contributed by atoms with Crippen molar-refractivity contribution in [3.05, 3.63) is 46.4 Å². The Hall–Kier alpha value is -1.20. The first-order valence-electron chi connectivity index (χ1n) is 4.84. The summed E-state index contributed by atoms with van der Waals surface area (Å²) in [6.45, 7) is 0.602. The summed E-state index contributed by atoms with van der Waals surface area (Å²) in [5, 5.41) is 7.19. The van der Waals surface area contributed by atoms with Crippen LogP contribution in [0.2, 0.25) is 0 Å².